The number of halogens is 1. The Morgan fingerprint density at radius 3 is 2.65 bits per heavy atom. The van der Waals surface area contributed by atoms with Gasteiger partial charge in [-0.2, -0.15) is 11.3 Å². The van der Waals surface area contributed by atoms with Gasteiger partial charge < -0.3 is 11.1 Å². The molecule has 0 aliphatic rings. The minimum absolute atomic E-state index is 0.151. The lowest BCUT2D eigenvalue weighted by molar-refractivity contribution is 0.0943. The van der Waals surface area contributed by atoms with E-state index in [9.17, 15) is 4.79 Å². The van der Waals surface area contributed by atoms with Gasteiger partial charge in [0.25, 0.3) is 5.91 Å². The molecule has 0 saturated carbocycles. The molecule has 116 valence electrons. The van der Waals surface area contributed by atoms with Crippen molar-refractivity contribution in [2.75, 3.05) is 5.73 Å². The molecule has 1 aromatic carbocycles. The van der Waals surface area contributed by atoms with E-state index >= 15 is 0 Å². The van der Waals surface area contributed by atoms with Crippen LogP contribution >= 0.6 is 22.9 Å². The van der Waals surface area contributed by atoms with Crippen molar-refractivity contribution in [2.24, 2.45) is 0 Å². The van der Waals surface area contributed by atoms with Crippen LogP contribution in [0.4, 0.5) is 5.82 Å². The van der Waals surface area contributed by atoms with Gasteiger partial charge in [0, 0.05) is 11.2 Å². The molecule has 3 rings (SSSR count). The molecule has 0 radical (unpaired) electrons. The van der Waals surface area contributed by atoms with Crippen molar-refractivity contribution in [2.45, 2.75) is 6.04 Å². The van der Waals surface area contributed by atoms with E-state index in [0.29, 0.717) is 5.02 Å². The van der Waals surface area contributed by atoms with Crippen molar-refractivity contribution >= 4 is 34.7 Å². The van der Waals surface area contributed by atoms with E-state index in [1.54, 1.807) is 23.5 Å². The van der Waals surface area contributed by atoms with Crippen LogP contribution in [0.15, 0.2) is 53.6 Å². The maximum absolute atomic E-state index is 12.5. The summed E-state index contributed by atoms with van der Waals surface area (Å²) in [5.41, 5.74) is 7.91. The lowest BCUT2D eigenvalue weighted by Crippen LogP contribution is -2.30. The summed E-state index contributed by atoms with van der Waals surface area (Å²) in [6.45, 7) is 0. The summed E-state index contributed by atoms with van der Waals surface area (Å²) in [6, 6.07) is 9.02. The molecule has 0 spiro atoms. The van der Waals surface area contributed by atoms with Crippen molar-refractivity contribution in [1.82, 2.24) is 15.3 Å². The molecule has 2 heterocycles. The smallest absolute Gasteiger partial charge is 0.257 e. The summed E-state index contributed by atoms with van der Waals surface area (Å²) in [5.74, 6) is -0.174. The Labute approximate surface area is 142 Å². The number of nitrogens with two attached hydrogens (primary N) is 1. The molecule has 0 aliphatic heterocycles. The third-order valence-electron chi connectivity index (χ3n) is 3.34. The summed E-state index contributed by atoms with van der Waals surface area (Å²) in [6.07, 6.45) is 2.71. The van der Waals surface area contributed by atoms with Crippen molar-refractivity contribution in [3.8, 4) is 0 Å². The summed E-state index contributed by atoms with van der Waals surface area (Å²) in [4.78, 5) is 20.2. The molecule has 0 fully saturated rings. The van der Waals surface area contributed by atoms with Crippen LogP contribution in [-0.2, 0) is 0 Å². The monoisotopic (exact) mass is 344 g/mol. The summed E-state index contributed by atoms with van der Waals surface area (Å²) in [7, 11) is 0. The topological polar surface area (TPSA) is 80.9 Å². The van der Waals surface area contributed by atoms with Crippen molar-refractivity contribution in [3.63, 3.8) is 0 Å². The number of carbonyl (C=O) groups excluding carboxylic acids is 1. The van der Waals surface area contributed by atoms with E-state index in [1.165, 1.54) is 12.5 Å². The van der Waals surface area contributed by atoms with Crippen LogP contribution in [0, 0.1) is 0 Å². The fourth-order valence-electron chi connectivity index (χ4n) is 2.18. The number of amides is 1. The highest BCUT2D eigenvalue weighted by atomic mass is 35.5. The average molecular weight is 345 g/mol. The van der Waals surface area contributed by atoms with Crippen LogP contribution in [0.3, 0.4) is 0 Å². The van der Waals surface area contributed by atoms with Gasteiger partial charge in [0.05, 0.1) is 11.6 Å². The molecular formula is C16H13ClN4OS. The zero-order chi connectivity index (χ0) is 16.2. The summed E-state index contributed by atoms with van der Waals surface area (Å²) >= 11 is 7.51. The van der Waals surface area contributed by atoms with E-state index in [2.05, 4.69) is 15.3 Å². The first-order valence-electron chi connectivity index (χ1n) is 6.79. The van der Waals surface area contributed by atoms with Crippen molar-refractivity contribution in [1.29, 1.82) is 0 Å². The van der Waals surface area contributed by atoms with Gasteiger partial charge in [-0.3, -0.25) is 4.79 Å². The zero-order valence-electron chi connectivity index (χ0n) is 11.9. The van der Waals surface area contributed by atoms with Crippen LogP contribution in [0.2, 0.25) is 5.02 Å². The molecule has 1 unspecified atom stereocenters. The van der Waals surface area contributed by atoms with Crippen LogP contribution in [0.1, 0.15) is 27.5 Å². The Bertz CT molecular complexity index is 805. The molecule has 3 N–H and O–H groups in total. The second-order valence-corrected chi connectivity index (χ2v) is 6.05. The van der Waals surface area contributed by atoms with Gasteiger partial charge >= 0.3 is 0 Å². The fourth-order valence-corrected chi connectivity index (χ4v) is 2.99. The largest absolute Gasteiger partial charge is 0.383 e. The lowest BCUT2D eigenvalue weighted by Gasteiger charge is -2.19. The van der Waals surface area contributed by atoms with Crippen LogP contribution < -0.4 is 11.1 Å². The molecular weight excluding hydrogens is 332 g/mol. The number of aromatic nitrogens is 2. The summed E-state index contributed by atoms with van der Waals surface area (Å²) in [5, 5.41) is 7.57. The molecule has 5 nitrogen and oxygen atoms in total. The second-order valence-electron chi connectivity index (χ2n) is 4.84. The number of anilines is 1. The standard InChI is InChI=1S/C16H13ClN4OS/c17-12-3-1-10(2-4-12)14(11-5-6-23-8-11)21-16(22)13-7-19-9-20-15(13)18/h1-9,14H,(H,21,22)(H2,18,19,20). The molecule has 2 aromatic heterocycles. The van der Waals surface area contributed by atoms with Gasteiger partial charge in [-0.1, -0.05) is 23.7 Å². The predicted octanol–water partition coefficient (Wildman–Crippen LogP) is 3.29. The number of hydrogen-bond acceptors (Lipinski definition) is 5. The number of carbonyl (C=O) groups is 1. The number of thiophene rings is 1. The molecule has 0 bridgehead atoms. The molecule has 0 aliphatic carbocycles. The highest BCUT2D eigenvalue weighted by Crippen LogP contribution is 2.26. The van der Waals surface area contributed by atoms with E-state index in [-0.39, 0.29) is 23.3 Å². The van der Waals surface area contributed by atoms with Crippen molar-refractivity contribution in [3.05, 3.63) is 75.3 Å². The van der Waals surface area contributed by atoms with Crippen LogP contribution in [0.5, 0.6) is 0 Å². The highest BCUT2D eigenvalue weighted by Gasteiger charge is 2.20. The van der Waals surface area contributed by atoms with Gasteiger partial charge in [0.1, 0.15) is 12.1 Å². The Balaban J connectivity index is 1.92. The lowest BCUT2D eigenvalue weighted by atomic mass is 10.0. The molecule has 1 atom stereocenters. The van der Waals surface area contributed by atoms with E-state index in [4.69, 9.17) is 17.3 Å². The SMILES string of the molecule is Nc1ncncc1C(=O)NC(c1ccc(Cl)cc1)c1ccsc1. The molecule has 0 saturated heterocycles. The minimum atomic E-state index is -0.325. The number of hydrogen-bond donors (Lipinski definition) is 2. The molecule has 23 heavy (non-hydrogen) atoms. The second kappa shape index (κ2) is 6.76. The van der Waals surface area contributed by atoms with Crippen molar-refractivity contribution < 1.29 is 4.79 Å². The van der Waals surface area contributed by atoms with Gasteiger partial charge in [-0.25, -0.2) is 9.97 Å². The van der Waals surface area contributed by atoms with Gasteiger partial charge in [-0.05, 0) is 40.1 Å². The maximum atomic E-state index is 12.5. The first-order chi connectivity index (χ1) is 11.1. The quantitative estimate of drug-likeness (QED) is 0.761. The minimum Gasteiger partial charge on any atom is -0.383 e. The first-order valence-corrected chi connectivity index (χ1v) is 8.11. The zero-order valence-corrected chi connectivity index (χ0v) is 13.5. The van der Waals surface area contributed by atoms with Crippen LogP contribution in [0.25, 0.3) is 0 Å². The predicted molar refractivity (Wildman–Crippen MR) is 91.5 cm³/mol. The van der Waals surface area contributed by atoms with Gasteiger partial charge in [-0.15, -0.1) is 0 Å². The number of nitrogens with zero attached hydrogens (tertiary/aromatic N) is 2. The number of benzene rings is 1. The Morgan fingerprint density at radius 2 is 2.00 bits per heavy atom. The van der Waals surface area contributed by atoms with E-state index in [1.807, 2.05) is 29.0 Å². The number of nitrogens with one attached hydrogen (secondary N) is 1. The average Bonchev–Trinajstić information content (AvgIpc) is 3.08. The fraction of sp³-hybridized carbons (Fsp3) is 0.0625. The van der Waals surface area contributed by atoms with E-state index in [0.717, 1.165) is 11.1 Å². The molecule has 1 amide bonds. The first kappa shape index (κ1) is 15.5. The molecule has 7 heteroatoms. The number of rotatable bonds is 4. The number of nitrogen functional groups attached to an aromatic ring is 1. The van der Waals surface area contributed by atoms with E-state index < -0.39 is 0 Å². The Hall–Kier alpha value is -2.44. The molecule has 3 aromatic rings. The highest BCUT2D eigenvalue weighted by molar-refractivity contribution is 7.08. The maximum Gasteiger partial charge on any atom is 0.257 e. The third-order valence-corrected chi connectivity index (χ3v) is 4.30. The third kappa shape index (κ3) is 3.49. The normalized spacial score (nSPS) is 11.9. The Morgan fingerprint density at radius 1 is 1.22 bits per heavy atom. The summed E-state index contributed by atoms with van der Waals surface area (Å²) < 4.78 is 0. The van der Waals surface area contributed by atoms with Gasteiger partial charge in [0.15, 0.2) is 0 Å². The van der Waals surface area contributed by atoms with Gasteiger partial charge in [0.2, 0.25) is 0 Å². The van der Waals surface area contributed by atoms with Crippen LogP contribution in [-0.4, -0.2) is 15.9 Å². The Kier molecular flexibility index (Phi) is 4.55.